The summed E-state index contributed by atoms with van der Waals surface area (Å²) in [6, 6.07) is 3.21. The monoisotopic (exact) mass is 208 g/mol. The zero-order valence-electron chi connectivity index (χ0n) is 9.57. The Morgan fingerprint density at radius 1 is 1.40 bits per heavy atom. The van der Waals surface area contributed by atoms with Crippen LogP contribution in [0.25, 0.3) is 0 Å². The first-order valence-electron chi connectivity index (χ1n) is 5.59. The molecule has 1 rings (SSSR count). The van der Waals surface area contributed by atoms with Crippen LogP contribution in [0.2, 0.25) is 0 Å². The average molecular weight is 208 g/mol. The molecule has 0 aromatic carbocycles. The van der Waals surface area contributed by atoms with Crippen molar-refractivity contribution in [3.05, 3.63) is 34.7 Å². The van der Waals surface area contributed by atoms with E-state index < -0.39 is 0 Å². The van der Waals surface area contributed by atoms with Crippen LogP contribution in [0.3, 0.4) is 0 Å². The molecular formula is C12H20N2O. The predicted molar refractivity (Wildman–Crippen MR) is 63.0 cm³/mol. The maximum Gasteiger partial charge on any atom is 0.181 e. The molecule has 0 radical (unpaired) electrons. The molecule has 15 heavy (non-hydrogen) atoms. The maximum absolute atomic E-state index is 10.9. The van der Waals surface area contributed by atoms with Crippen LogP contribution in [0, 0.1) is 5.92 Å². The third kappa shape index (κ3) is 4.79. The van der Waals surface area contributed by atoms with E-state index in [1.165, 1.54) is 6.42 Å². The largest absolute Gasteiger partial charge is 0.354 e. The molecule has 1 atom stereocenters. The molecule has 3 nitrogen and oxygen atoms in total. The van der Waals surface area contributed by atoms with Crippen LogP contribution < -0.4 is 10.7 Å². The Morgan fingerprint density at radius 3 is 2.67 bits per heavy atom. The van der Waals surface area contributed by atoms with Crippen molar-refractivity contribution in [1.82, 2.24) is 9.88 Å². The summed E-state index contributed by atoms with van der Waals surface area (Å²) in [4.78, 5) is 10.9. The normalized spacial score (nSPS) is 12.7. The van der Waals surface area contributed by atoms with Gasteiger partial charge in [0.05, 0.1) is 0 Å². The average Bonchev–Trinajstić information content (AvgIpc) is 2.22. The summed E-state index contributed by atoms with van der Waals surface area (Å²) < 4.78 is 2.06. The van der Waals surface area contributed by atoms with Crippen molar-refractivity contribution in [3.8, 4) is 0 Å². The Balaban J connectivity index is 2.34. The van der Waals surface area contributed by atoms with Crippen LogP contribution in [0.15, 0.2) is 29.3 Å². The summed E-state index contributed by atoms with van der Waals surface area (Å²) in [5.41, 5.74) is 0.0722. The van der Waals surface area contributed by atoms with E-state index in [-0.39, 0.29) is 5.43 Å². The third-order valence-corrected chi connectivity index (χ3v) is 2.30. The molecule has 0 aliphatic carbocycles. The van der Waals surface area contributed by atoms with Gasteiger partial charge in [0.25, 0.3) is 0 Å². The van der Waals surface area contributed by atoms with E-state index in [1.807, 2.05) is 12.4 Å². The number of nitrogens with zero attached hydrogens (tertiary/aromatic N) is 1. The molecule has 0 aliphatic heterocycles. The van der Waals surface area contributed by atoms with Gasteiger partial charge in [-0.15, -0.1) is 0 Å². The summed E-state index contributed by atoms with van der Waals surface area (Å²) >= 11 is 0. The van der Waals surface area contributed by atoms with Crippen molar-refractivity contribution in [2.45, 2.75) is 26.8 Å². The highest BCUT2D eigenvalue weighted by atomic mass is 16.1. The molecule has 1 aromatic rings. The molecule has 0 spiro atoms. The molecule has 1 unspecified atom stereocenters. The highest BCUT2D eigenvalue weighted by molar-refractivity contribution is 4.93. The van der Waals surface area contributed by atoms with Gasteiger partial charge in [-0.05, 0) is 25.4 Å². The Morgan fingerprint density at radius 2 is 2.07 bits per heavy atom. The van der Waals surface area contributed by atoms with Crippen molar-refractivity contribution in [2.24, 2.45) is 5.92 Å². The van der Waals surface area contributed by atoms with Crippen molar-refractivity contribution in [2.75, 3.05) is 13.1 Å². The Hall–Kier alpha value is -1.09. The predicted octanol–water partition coefficient (Wildman–Crippen LogP) is 1.48. The lowest BCUT2D eigenvalue weighted by Crippen LogP contribution is -2.24. The van der Waals surface area contributed by atoms with Gasteiger partial charge in [0.15, 0.2) is 5.43 Å². The fraction of sp³-hybridized carbons (Fsp3) is 0.583. The molecule has 3 heteroatoms. The van der Waals surface area contributed by atoms with Gasteiger partial charge in [-0.1, -0.05) is 13.8 Å². The standard InChI is InChI=1S/C12H20N2O/c1-3-6-13-9-11(2)10-14-7-4-12(15)5-8-14/h4-5,7-8,11,13H,3,6,9-10H2,1-2H3. The van der Waals surface area contributed by atoms with Crippen molar-refractivity contribution in [3.63, 3.8) is 0 Å². The van der Waals surface area contributed by atoms with E-state index in [2.05, 4.69) is 23.7 Å². The lowest BCUT2D eigenvalue weighted by atomic mass is 10.2. The molecule has 0 bridgehead atoms. The van der Waals surface area contributed by atoms with Crippen molar-refractivity contribution in [1.29, 1.82) is 0 Å². The number of hydrogen-bond acceptors (Lipinski definition) is 2. The number of nitrogens with one attached hydrogen (secondary N) is 1. The minimum absolute atomic E-state index is 0.0722. The fourth-order valence-corrected chi connectivity index (χ4v) is 1.52. The summed E-state index contributed by atoms with van der Waals surface area (Å²) in [5.74, 6) is 0.582. The minimum atomic E-state index is 0.0722. The molecule has 0 aliphatic rings. The number of pyridine rings is 1. The van der Waals surface area contributed by atoms with Crippen LogP contribution in [-0.4, -0.2) is 17.7 Å². The van der Waals surface area contributed by atoms with Gasteiger partial charge < -0.3 is 9.88 Å². The molecule has 84 valence electrons. The quantitative estimate of drug-likeness (QED) is 0.719. The second kappa shape index (κ2) is 6.40. The lowest BCUT2D eigenvalue weighted by Gasteiger charge is -2.14. The van der Waals surface area contributed by atoms with Crippen molar-refractivity contribution >= 4 is 0 Å². The van der Waals surface area contributed by atoms with Gasteiger partial charge in [0.1, 0.15) is 0 Å². The summed E-state index contributed by atoms with van der Waals surface area (Å²) in [7, 11) is 0. The molecule has 0 saturated heterocycles. The highest BCUT2D eigenvalue weighted by Crippen LogP contribution is 1.98. The summed E-state index contributed by atoms with van der Waals surface area (Å²) in [5, 5.41) is 3.39. The second-order valence-corrected chi connectivity index (χ2v) is 4.04. The van der Waals surface area contributed by atoms with Crippen LogP contribution in [0.5, 0.6) is 0 Å². The summed E-state index contributed by atoms with van der Waals surface area (Å²) in [6.07, 6.45) is 4.86. The minimum Gasteiger partial charge on any atom is -0.354 e. The topological polar surface area (TPSA) is 34.0 Å². The van der Waals surface area contributed by atoms with Gasteiger partial charge in [-0.2, -0.15) is 0 Å². The number of hydrogen-bond donors (Lipinski definition) is 1. The zero-order valence-corrected chi connectivity index (χ0v) is 9.57. The van der Waals surface area contributed by atoms with E-state index in [1.54, 1.807) is 12.1 Å². The second-order valence-electron chi connectivity index (χ2n) is 4.04. The number of rotatable bonds is 6. The van der Waals surface area contributed by atoms with Crippen molar-refractivity contribution < 1.29 is 0 Å². The lowest BCUT2D eigenvalue weighted by molar-refractivity contribution is 0.444. The Labute approximate surface area is 91.1 Å². The highest BCUT2D eigenvalue weighted by Gasteiger charge is 2.01. The number of aromatic nitrogens is 1. The molecule has 0 amide bonds. The molecule has 1 N–H and O–H groups in total. The van der Waals surface area contributed by atoms with Crippen LogP contribution >= 0.6 is 0 Å². The van der Waals surface area contributed by atoms with Crippen LogP contribution in [0.1, 0.15) is 20.3 Å². The first kappa shape index (κ1) is 12.0. The van der Waals surface area contributed by atoms with Crippen LogP contribution in [0.4, 0.5) is 0 Å². The van der Waals surface area contributed by atoms with Gasteiger partial charge in [0, 0.05) is 31.1 Å². The van der Waals surface area contributed by atoms with Gasteiger partial charge in [-0.25, -0.2) is 0 Å². The zero-order chi connectivity index (χ0) is 11.1. The first-order chi connectivity index (χ1) is 7.22. The van der Waals surface area contributed by atoms with Crippen LogP contribution in [-0.2, 0) is 6.54 Å². The van der Waals surface area contributed by atoms with E-state index in [9.17, 15) is 4.79 Å². The molecule has 0 fully saturated rings. The Bertz CT molecular complexity index is 312. The molecular weight excluding hydrogens is 188 g/mol. The molecule has 0 saturated carbocycles. The summed E-state index contributed by atoms with van der Waals surface area (Å²) in [6.45, 7) is 7.44. The maximum atomic E-state index is 10.9. The van der Waals surface area contributed by atoms with Gasteiger partial charge >= 0.3 is 0 Å². The van der Waals surface area contributed by atoms with E-state index in [0.717, 1.165) is 19.6 Å². The fourth-order valence-electron chi connectivity index (χ4n) is 1.52. The third-order valence-electron chi connectivity index (χ3n) is 2.30. The van der Waals surface area contributed by atoms with Gasteiger partial charge in [0.2, 0.25) is 0 Å². The Kier molecular flexibility index (Phi) is 5.12. The first-order valence-corrected chi connectivity index (χ1v) is 5.59. The van der Waals surface area contributed by atoms with Gasteiger partial charge in [-0.3, -0.25) is 4.79 Å². The van der Waals surface area contributed by atoms with E-state index in [0.29, 0.717) is 5.92 Å². The van der Waals surface area contributed by atoms with E-state index in [4.69, 9.17) is 0 Å². The SMILES string of the molecule is CCCNCC(C)Cn1ccc(=O)cc1. The van der Waals surface area contributed by atoms with E-state index >= 15 is 0 Å². The molecule has 1 aromatic heterocycles. The smallest absolute Gasteiger partial charge is 0.181 e. The molecule has 1 heterocycles.